The molecule has 0 spiro atoms. The van der Waals surface area contributed by atoms with Gasteiger partial charge >= 0.3 is 11.9 Å². The monoisotopic (exact) mass is 493 g/mol. The molecule has 0 unspecified atom stereocenters. The first kappa shape index (κ1) is 24.0. The zero-order chi connectivity index (χ0) is 24.8. The van der Waals surface area contributed by atoms with Crippen molar-refractivity contribution in [3.63, 3.8) is 0 Å². The fourth-order valence-corrected chi connectivity index (χ4v) is 4.56. The Kier molecular flexibility index (Phi) is 7.41. The molecule has 0 bridgehead atoms. The number of rotatable bonds is 5. The Labute approximate surface area is 205 Å². The fraction of sp³-hybridized carbons (Fsp3) is 0.200. The van der Waals surface area contributed by atoms with Gasteiger partial charge in [-0.3, -0.25) is 0 Å². The second-order valence-electron chi connectivity index (χ2n) is 7.58. The zero-order valence-corrected chi connectivity index (χ0v) is 19.7. The first-order valence-electron chi connectivity index (χ1n) is 10.8. The predicted molar refractivity (Wildman–Crippen MR) is 132 cm³/mol. The van der Waals surface area contributed by atoms with Gasteiger partial charge in [0, 0.05) is 11.4 Å². The molecular weight excluding hydrogens is 470 g/mol. The average molecular weight is 494 g/mol. The van der Waals surface area contributed by atoms with Crippen LogP contribution < -0.4 is 14.8 Å². The molecule has 1 aliphatic rings. The quantitative estimate of drug-likeness (QED) is 0.349. The maximum atomic E-state index is 9.10. The van der Waals surface area contributed by atoms with Gasteiger partial charge in [0.15, 0.2) is 11.5 Å². The summed E-state index contributed by atoms with van der Waals surface area (Å²) in [4.78, 5) is 29.7. The molecule has 3 heterocycles. The van der Waals surface area contributed by atoms with Crippen LogP contribution in [0.3, 0.4) is 0 Å². The van der Waals surface area contributed by atoms with Crippen LogP contribution in [0, 0.1) is 6.92 Å². The number of aromatic nitrogens is 2. The van der Waals surface area contributed by atoms with E-state index < -0.39 is 11.9 Å². The van der Waals surface area contributed by atoms with Crippen molar-refractivity contribution in [2.75, 3.05) is 25.1 Å². The SMILES string of the molecule is Cc1nc(NCCc2ccc3c(c2)OCCO3)c2cc(-c3ccccc3)sc2n1.O=C(O)C(=O)O. The average Bonchev–Trinajstić information content (AvgIpc) is 3.29. The van der Waals surface area contributed by atoms with Crippen molar-refractivity contribution in [2.24, 2.45) is 0 Å². The van der Waals surface area contributed by atoms with Gasteiger partial charge in [-0.1, -0.05) is 36.4 Å². The highest BCUT2D eigenvalue weighted by Crippen LogP contribution is 2.35. The number of hydrogen-bond acceptors (Lipinski definition) is 8. The molecule has 5 rings (SSSR count). The van der Waals surface area contributed by atoms with E-state index in [4.69, 9.17) is 29.3 Å². The number of carbonyl (C=O) groups is 2. The third-order valence-corrected chi connectivity index (χ3v) is 6.14. The Balaban J connectivity index is 0.000000431. The van der Waals surface area contributed by atoms with Crippen LogP contribution >= 0.6 is 11.3 Å². The molecule has 35 heavy (non-hydrogen) atoms. The maximum Gasteiger partial charge on any atom is 0.414 e. The number of carboxylic acid groups (broad SMARTS) is 2. The van der Waals surface area contributed by atoms with Crippen LogP contribution in [0.25, 0.3) is 20.7 Å². The minimum absolute atomic E-state index is 0.606. The molecule has 0 radical (unpaired) electrons. The number of nitrogens with one attached hydrogen (secondary N) is 1. The van der Waals surface area contributed by atoms with Gasteiger partial charge in [0.05, 0.1) is 5.39 Å². The molecule has 0 fully saturated rings. The number of nitrogens with zero attached hydrogens (tertiary/aromatic N) is 2. The van der Waals surface area contributed by atoms with E-state index in [1.54, 1.807) is 11.3 Å². The highest BCUT2D eigenvalue weighted by molar-refractivity contribution is 7.21. The lowest BCUT2D eigenvalue weighted by molar-refractivity contribution is -0.159. The smallest absolute Gasteiger partial charge is 0.414 e. The molecule has 10 heteroatoms. The van der Waals surface area contributed by atoms with Gasteiger partial charge < -0.3 is 25.0 Å². The summed E-state index contributed by atoms with van der Waals surface area (Å²) in [5, 5.41) is 19.4. The molecule has 0 atom stereocenters. The van der Waals surface area contributed by atoms with Gasteiger partial charge in [-0.15, -0.1) is 11.3 Å². The lowest BCUT2D eigenvalue weighted by Gasteiger charge is -2.19. The molecule has 0 amide bonds. The van der Waals surface area contributed by atoms with E-state index in [2.05, 4.69) is 57.7 Å². The highest BCUT2D eigenvalue weighted by Gasteiger charge is 2.13. The number of aliphatic carboxylic acids is 2. The number of thiophene rings is 1. The summed E-state index contributed by atoms with van der Waals surface area (Å²) in [7, 11) is 0. The summed E-state index contributed by atoms with van der Waals surface area (Å²) in [5.74, 6) is -0.318. The van der Waals surface area contributed by atoms with Gasteiger partial charge in [0.2, 0.25) is 0 Å². The minimum Gasteiger partial charge on any atom is -0.486 e. The second kappa shape index (κ2) is 10.8. The maximum absolute atomic E-state index is 9.10. The van der Waals surface area contributed by atoms with Crippen molar-refractivity contribution in [2.45, 2.75) is 13.3 Å². The molecule has 9 nitrogen and oxygen atoms in total. The van der Waals surface area contributed by atoms with Crippen molar-refractivity contribution >= 4 is 39.3 Å². The number of ether oxygens (including phenoxy) is 2. The lowest BCUT2D eigenvalue weighted by Crippen LogP contribution is -2.15. The van der Waals surface area contributed by atoms with Crippen LogP contribution in [-0.4, -0.2) is 51.9 Å². The topological polar surface area (TPSA) is 131 Å². The summed E-state index contributed by atoms with van der Waals surface area (Å²) in [6.45, 7) is 3.94. The van der Waals surface area contributed by atoms with Crippen LogP contribution in [0.15, 0.2) is 54.6 Å². The molecular formula is C25H23N3O6S. The summed E-state index contributed by atoms with van der Waals surface area (Å²) in [5.41, 5.74) is 2.41. The van der Waals surface area contributed by atoms with E-state index in [1.165, 1.54) is 16.0 Å². The Morgan fingerprint density at radius 2 is 1.69 bits per heavy atom. The molecule has 0 saturated carbocycles. The van der Waals surface area contributed by atoms with E-state index in [0.717, 1.165) is 46.3 Å². The standard InChI is InChI=1S/C23H21N3O2S.C2H2O4/c1-15-25-22(18-14-21(29-23(18)26-15)17-5-3-2-4-6-17)24-10-9-16-7-8-19-20(13-16)28-12-11-27-19;3-1(4)2(5)6/h2-8,13-14H,9-12H2,1H3,(H,24,25,26);(H,3,4)(H,5,6). The summed E-state index contributed by atoms with van der Waals surface area (Å²) in [6.07, 6.45) is 0.872. The largest absolute Gasteiger partial charge is 0.486 e. The minimum atomic E-state index is -1.82. The van der Waals surface area contributed by atoms with Crippen LogP contribution in [-0.2, 0) is 16.0 Å². The summed E-state index contributed by atoms with van der Waals surface area (Å²) in [6, 6.07) is 18.7. The molecule has 1 aliphatic heterocycles. The normalized spacial score (nSPS) is 11.9. The number of hydrogen-bond donors (Lipinski definition) is 3. The van der Waals surface area contributed by atoms with Crippen molar-refractivity contribution < 1.29 is 29.3 Å². The molecule has 3 N–H and O–H groups in total. The summed E-state index contributed by atoms with van der Waals surface area (Å²) >= 11 is 1.70. The lowest BCUT2D eigenvalue weighted by atomic mass is 10.1. The van der Waals surface area contributed by atoms with Crippen LogP contribution in [0.5, 0.6) is 11.5 Å². The van der Waals surface area contributed by atoms with Gasteiger partial charge in [-0.2, -0.15) is 0 Å². The third-order valence-electron chi connectivity index (χ3n) is 5.06. The molecule has 180 valence electrons. The molecule has 4 aromatic rings. The van der Waals surface area contributed by atoms with Crippen LogP contribution in [0.1, 0.15) is 11.4 Å². The zero-order valence-electron chi connectivity index (χ0n) is 18.9. The van der Waals surface area contributed by atoms with Gasteiger partial charge in [-0.05, 0) is 42.7 Å². The molecule has 0 aliphatic carbocycles. The number of carboxylic acids is 2. The van der Waals surface area contributed by atoms with Crippen molar-refractivity contribution in [3.05, 3.63) is 66.0 Å². The van der Waals surface area contributed by atoms with E-state index in [0.29, 0.717) is 13.2 Å². The van der Waals surface area contributed by atoms with Crippen molar-refractivity contribution in [3.8, 4) is 21.9 Å². The van der Waals surface area contributed by atoms with E-state index >= 15 is 0 Å². The first-order valence-corrected chi connectivity index (χ1v) is 11.6. The second-order valence-corrected chi connectivity index (χ2v) is 8.61. The Morgan fingerprint density at radius 1 is 0.971 bits per heavy atom. The van der Waals surface area contributed by atoms with E-state index in [1.807, 2.05) is 19.1 Å². The van der Waals surface area contributed by atoms with E-state index in [-0.39, 0.29) is 0 Å². The number of benzene rings is 2. The van der Waals surface area contributed by atoms with Gasteiger partial charge in [0.25, 0.3) is 0 Å². The van der Waals surface area contributed by atoms with Gasteiger partial charge in [0.1, 0.15) is 29.7 Å². The number of fused-ring (bicyclic) bond motifs is 2. The first-order chi connectivity index (χ1) is 16.9. The van der Waals surface area contributed by atoms with E-state index in [9.17, 15) is 0 Å². The summed E-state index contributed by atoms with van der Waals surface area (Å²) < 4.78 is 11.3. The van der Waals surface area contributed by atoms with Gasteiger partial charge in [-0.25, -0.2) is 19.6 Å². The number of anilines is 1. The fourth-order valence-electron chi connectivity index (χ4n) is 3.48. The Morgan fingerprint density at radius 3 is 2.40 bits per heavy atom. The van der Waals surface area contributed by atoms with Crippen LogP contribution in [0.4, 0.5) is 5.82 Å². The molecule has 2 aromatic carbocycles. The van der Waals surface area contributed by atoms with Crippen molar-refractivity contribution in [1.82, 2.24) is 9.97 Å². The number of aryl methyl sites for hydroxylation is 1. The Bertz CT molecular complexity index is 1340. The molecule has 2 aromatic heterocycles. The Hall–Kier alpha value is -4.18. The third kappa shape index (κ3) is 6.04. The van der Waals surface area contributed by atoms with Crippen LogP contribution in [0.2, 0.25) is 0 Å². The highest BCUT2D eigenvalue weighted by atomic mass is 32.1. The van der Waals surface area contributed by atoms with Crippen molar-refractivity contribution in [1.29, 1.82) is 0 Å². The molecule has 0 saturated heterocycles. The predicted octanol–water partition coefficient (Wildman–Crippen LogP) is 4.25.